The first-order valence-electron chi connectivity index (χ1n) is 6.41. The molecule has 0 amide bonds. The summed E-state index contributed by atoms with van der Waals surface area (Å²) in [6.45, 7) is 3.31. The van der Waals surface area contributed by atoms with Gasteiger partial charge < -0.3 is 5.32 Å². The van der Waals surface area contributed by atoms with E-state index in [2.05, 4.69) is 21.2 Å². The van der Waals surface area contributed by atoms with E-state index in [1.807, 2.05) is 6.92 Å². The Labute approximate surface area is 119 Å². The van der Waals surface area contributed by atoms with Crippen molar-refractivity contribution < 1.29 is 13.6 Å². The van der Waals surface area contributed by atoms with E-state index in [4.69, 9.17) is 0 Å². The summed E-state index contributed by atoms with van der Waals surface area (Å²) in [7, 11) is 0. The molecule has 19 heavy (non-hydrogen) atoms. The number of carbonyl (C=O) groups excluding carboxylic acids is 1. The van der Waals surface area contributed by atoms with Crippen LogP contribution >= 0.6 is 15.9 Å². The number of ketones is 1. The van der Waals surface area contributed by atoms with Gasteiger partial charge in [0, 0.05) is 5.41 Å². The SMILES string of the molecule is CCC1(C(=O)c2c(F)ccc(Br)c2F)CCNCC1. The lowest BCUT2D eigenvalue weighted by atomic mass is 9.71. The fourth-order valence-electron chi connectivity index (χ4n) is 2.65. The van der Waals surface area contributed by atoms with Crippen LogP contribution in [0, 0.1) is 17.0 Å². The minimum Gasteiger partial charge on any atom is -0.317 e. The van der Waals surface area contributed by atoms with Crippen LogP contribution in [0.3, 0.4) is 0 Å². The number of nitrogens with one attached hydrogen (secondary N) is 1. The number of Topliss-reactive ketones (excluding diaryl/α,β-unsaturated/α-hetero) is 1. The normalized spacial score (nSPS) is 18.3. The lowest BCUT2D eigenvalue weighted by Crippen LogP contribution is -2.42. The Hall–Kier alpha value is -0.810. The highest BCUT2D eigenvalue weighted by Gasteiger charge is 2.40. The van der Waals surface area contributed by atoms with E-state index in [1.54, 1.807) is 0 Å². The van der Waals surface area contributed by atoms with Gasteiger partial charge in [-0.15, -0.1) is 0 Å². The zero-order valence-electron chi connectivity index (χ0n) is 10.7. The summed E-state index contributed by atoms with van der Waals surface area (Å²) in [6, 6.07) is 2.41. The third-order valence-corrected chi connectivity index (χ3v) is 4.60. The zero-order chi connectivity index (χ0) is 14.0. The molecule has 1 saturated heterocycles. The standard InChI is InChI=1S/C14H16BrF2NO/c1-2-14(5-7-18-8-6-14)13(19)11-10(16)4-3-9(15)12(11)17/h3-4,18H,2,5-8H2,1H3. The third kappa shape index (κ3) is 2.58. The van der Waals surface area contributed by atoms with Crippen LogP contribution in [0.4, 0.5) is 8.78 Å². The molecule has 1 aromatic carbocycles. The van der Waals surface area contributed by atoms with E-state index in [1.165, 1.54) is 6.07 Å². The summed E-state index contributed by atoms with van der Waals surface area (Å²) in [6.07, 6.45) is 1.83. The van der Waals surface area contributed by atoms with Crippen molar-refractivity contribution >= 4 is 21.7 Å². The summed E-state index contributed by atoms with van der Waals surface area (Å²) in [5.74, 6) is -1.98. The van der Waals surface area contributed by atoms with Gasteiger partial charge in [0.25, 0.3) is 0 Å². The molecule has 104 valence electrons. The van der Waals surface area contributed by atoms with E-state index in [-0.39, 0.29) is 4.47 Å². The van der Waals surface area contributed by atoms with E-state index in [9.17, 15) is 13.6 Å². The van der Waals surface area contributed by atoms with Gasteiger partial charge in [-0.05, 0) is 60.4 Å². The molecule has 2 nitrogen and oxygen atoms in total. The van der Waals surface area contributed by atoms with Crippen molar-refractivity contribution in [1.29, 1.82) is 0 Å². The van der Waals surface area contributed by atoms with E-state index in [0.29, 0.717) is 32.4 Å². The largest absolute Gasteiger partial charge is 0.317 e. The van der Waals surface area contributed by atoms with Gasteiger partial charge in [-0.1, -0.05) is 6.92 Å². The highest BCUT2D eigenvalue weighted by atomic mass is 79.9. The quantitative estimate of drug-likeness (QED) is 0.676. The van der Waals surface area contributed by atoms with Gasteiger partial charge in [0.05, 0.1) is 10.0 Å². The lowest BCUT2D eigenvalue weighted by Gasteiger charge is -2.35. The van der Waals surface area contributed by atoms with Gasteiger partial charge >= 0.3 is 0 Å². The summed E-state index contributed by atoms with van der Waals surface area (Å²) in [5.41, 5.74) is -1.05. The average Bonchev–Trinajstić information content (AvgIpc) is 2.44. The van der Waals surface area contributed by atoms with Crippen LogP contribution in [0.2, 0.25) is 0 Å². The first-order chi connectivity index (χ1) is 9.02. The molecule has 0 atom stereocenters. The monoisotopic (exact) mass is 331 g/mol. The average molecular weight is 332 g/mol. The van der Waals surface area contributed by atoms with Crippen molar-refractivity contribution in [3.05, 3.63) is 33.8 Å². The van der Waals surface area contributed by atoms with Crippen LogP contribution in [-0.4, -0.2) is 18.9 Å². The maximum Gasteiger partial charge on any atom is 0.175 e. The first-order valence-corrected chi connectivity index (χ1v) is 7.20. The van der Waals surface area contributed by atoms with Gasteiger partial charge in [0.15, 0.2) is 11.6 Å². The maximum atomic E-state index is 14.1. The molecular weight excluding hydrogens is 316 g/mol. The highest BCUT2D eigenvalue weighted by Crippen LogP contribution is 2.38. The number of halogens is 3. The minimum absolute atomic E-state index is 0.123. The van der Waals surface area contributed by atoms with E-state index >= 15 is 0 Å². The first kappa shape index (κ1) is 14.6. The van der Waals surface area contributed by atoms with Crippen molar-refractivity contribution in [3.63, 3.8) is 0 Å². The Morgan fingerprint density at radius 2 is 2.00 bits per heavy atom. The van der Waals surface area contributed by atoms with Gasteiger partial charge in [-0.3, -0.25) is 4.79 Å². The Balaban J connectivity index is 2.46. The summed E-state index contributed by atoms with van der Waals surface area (Å²) < 4.78 is 28.0. The number of carbonyl (C=O) groups is 1. The molecule has 0 aromatic heterocycles. The predicted octanol–water partition coefficient (Wildman–Crippen LogP) is 3.69. The molecule has 1 N–H and O–H groups in total. The van der Waals surface area contributed by atoms with Crippen LogP contribution in [0.25, 0.3) is 0 Å². The fourth-order valence-corrected chi connectivity index (χ4v) is 2.98. The van der Waals surface area contributed by atoms with Crippen molar-refractivity contribution in [1.82, 2.24) is 5.32 Å². The molecular formula is C14H16BrF2NO. The second kappa shape index (κ2) is 5.67. The van der Waals surface area contributed by atoms with Gasteiger partial charge in [-0.25, -0.2) is 8.78 Å². The second-order valence-corrected chi connectivity index (χ2v) is 5.79. The Morgan fingerprint density at radius 3 is 2.58 bits per heavy atom. The molecule has 1 aliphatic heterocycles. The molecule has 1 heterocycles. The third-order valence-electron chi connectivity index (χ3n) is 3.99. The smallest absolute Gasteiger partial charge is 0.175 e. The fraction of sp³-hybridized carbons (Fsp3) is 0.500. The number of benzene rings is 1. The van der Waals surface area contributed by atoms with E-state index < -0.39 is 28.4 Å². The molecule has 1 aliphatic rings. The molecule has 0 unspecified atom stereocenters. The molecule has 0 spiro atoms. The Morgan fingerprint density at radius 1 is 1.37 bits per heavy atom. The van der Waals surface area contributed by atoms with Crippen LogP contribution in [-0.2, 0) is 0 Å². The highest BCUT2D eigenvalue weighted by molar-refractivity contribution is 9.10. The summed E-state index contributed by atoms with van der Waals surface area (Å²) in [4.78, 5) is 12.6. The van der Waals surface area contributed by atoms with E-state index in [0.717, 1.165) is 6.07 Å². The minimum atomic E-state index is -0.795. The number of piperidine rings is 1. The molecule has 2 rings (SSSR count). The van der Waals surface area contributed by atoms with Crippen LogP contribution in [0.5, 0.6) is 0 Å². The van der Waals surface area contributed by atoms with Crippen LogP contribution < -0.4 is 5.32 Å². The van der Waals surface area contributed by atoms with Crippen molar-refractivity contribution in [3.8, 4) is 0 Å². The van der Waals surface area contributed by atoms with Crippen LogP contribution in [0.1, 0.15) is 36.5 Å². The molecule has 0 aliphatic carbocycles. The van der Waals surface area contributed by atoms with Gasteiger partial charge in [-0.2, -0.15) is 0 Å². The molecule has 1 fully saturated rings. The van der Waals surface area contributed by atoms with Gasteiger partial charge in [0.1, 0.15) is 5.82 Å². The number of rotatable bonds is 3. The second-order valence-electron chi connectivity index (χ2n) is 4.93. The molecule has 0 radical (unpaired) electrons. The summed E-state index contributed by atoms with van der Waals surface area (Å²) >= 11 is 3.01. The zero-order valence-corrected chi connectivity index (χ0v) is 12.3. The van der Waals surface area contributed by atoms with Crippen molar-refractivity contribution in [2.75, 3.05) is 13.1 Å². The molecule has 5 heteroatoms. The molecule has 0 saturated carbocycles. The molecule has 0 bridgehead atoms. The number of hydrogen-bond acceptors (Lipinski definition) is 2. The lowest BCUT2D eigenvalue weighted by molar-refractivity contribution is 0.0707. The predicted molar refractivity (Wildman–Crippen MR) is 73.2 cm³/mol. The summed E-state index contributed by atoms with van der Waals surface area (Å²) in [5, 5.41) is 3.17. The van der Waals surface area contributed by atoms with Crippen molar-refractivity contribution in [2.45, 2.75) is 26.2 Å². The number of hydrogen-bond donors (Lipinski definition) is 1. The molecule has 1 aromatic rings. The Bertz CT molecular complexity index is 498. The topological polar surface area (TPSA) is 29.1 Å². The maximum absolute atomic E-state index is 14.1. The Kier molecular flexibility index (Phi) is 4.36. The van der Waals surface area contributed by atoms with Crippen molar-refractivity contribution in [2.24, 2.45) is 5.41 Å². The van der Waals surface area contributed by atoms with Crippen LogP contribution in [0.15, 0.2) is 16.6 Å². The van der Waals surface area contributed by atoms with Gasteiger partial charge in [0.2, 0.25) is 0 Å².